The number of nitrogens with two attached hydrogens (primary N) is 1. The molecule has 2 aromatic rings. The first kappa shape index (κ1) is 27.2. The quantitative estimate of drug-likeness (QED) is 0.283. The number of aryl methyl sites for hydroxylation is 2. The molecule has 0 atom stereocenters. The third-order valence-corrected chi connectivity index (χ3v) is 8.70. The van der Waals surface area contributed by atoms with Crippen LogP contribution >= 0.6 is 0 Å². The second kappa shape index (κ2) is 13.1. The molecular formula is C33H46N4. The molecule has 2 aliphatic rings. The monoisotopic (exact) mass is 498 g/mol. The smallest absolute Gasteiger partial charge is 0.132 e. The van der Waals surface area contributed by atoms with E-state index in [1.807, 2.05) is 6.07 Å². The molecule has 0 aromatic heterocycles. The summed E-state index contributed by atoms with van der Waals surface area (Å²) in [5.74, 6) is 2.44. The van der Waals surface area contributed by atoms with Crippen LogP contribution in [0.15, 0.2) is 64.7 Å². The molecule has 0 bridgehead atoms. The number of hydrogen-bond donors (Lipinski definition) is 1. The van der Waals surface area contributed by atoms with E-state index in [-0.39, 0.29) is 0 Å². The third-order valence-electron chi connectivity index (χ3n) is 8.70. The van der Waals surface area contributed by atoms with E-state index in [4.69, 9.17) is 5.73 Å². The second-order valence-electron chi connectivity index (χ2n) is 11.1. The molecule has 2 N–H and O–H groups in total. The van der Waals surface area contributed by atoms with E-state index in [1.54, 1.807) is 7.05 Å². The standard InChI is InChI=1S/C33H46N4/c1-5-27-18-19-30(20-24(27)2)29-16-14-26(15-17-29)22-37(25(3)28-10-7-6-8-11-28)32-13-9-12-31(21-32)33(34)36-23-35-4/h9,12-13,18-21,23,26,28-29H,3,5-8,10-11,14-17,22H2,1-2,4H3,(H2,34,35,36). The number of amidine groups is 1. The van der Waals surface area contributed by atoms with Gasteiger partial charge in [-0.05, 0) is 98.4 Å². The Kier molecular flexibility index (Phi) is 9.60. The van der Waals surface area contributed by atoms with Gasteiger partial charge in [0.15, 0.2) is 0 Å². The van der Waals surface area contributed by atoms with Crippen LogP contribution in [-0.4, -0.2) is 25.8 Å². The molecule has 2 fully saturated rings. The molecule has 4 nitrogen and oxygen atoms in total. The predicted octanol–water partition coefficient (Wildman–Crippen LogP) is 7.80. The van der Waals surface area contributed by atoms with Crippen molar-refractivity contribution in [3.63, 3.8) is 0 Å². The molecule has 2 aliphatic carbocycles. The summed E-state index contributed by atoms with van der Waals surface area (Å²) in [6, 6.07) is 15.7. The van der Waals surface area contributed by atoms with Crippen molar-refractivity contribution in [2.75, 3.05) is 18.5 Å². The van der Waals surface area contributed by atoms with Crippen LogP contribution in [0.4, 0.5) is 5.69 Å². The number of rotatable bonds is 9. The van der Waals surface area contributed by atoms with Crippen molar-refractivity contribution < 1.29 is 0 Å². The van der Waals surface area contributed by atoms with Gasteiger partial charge < -0.3 is 10.6 Å². The summed E-state index contributed by atoms with van der Waals surface area (Å²) >= 11 is 0. The first-order chi connectivity index (χ1) is 18.0. The van der Waals surface area contributed by atoms with E-state index < -0.39 is 0 Å². The Hall–Kier alpha value is -2.88. The van der Waals surface area contributed by atoms with Gasteiger partial charge in [-0.2, -0.15) is 0 Å². The first-order valence-electron chi connectivity index (χ1n) is 14.4. The maximum absolute atomic E-state index is 6.27. The zero-order valence-corrected chi connectivity index (χ0v) is 23.3. The van der Waals surface area contributed by atoms with E-state index in [9.17, 15) is 0 Å². The van der Waals surface area contributed by atoms with Crippen molar-refractivity contribution in [2.45, 2.75) is 84.0 Å². The van der Waals surface area contributed by atoms with Crippen molar-refractivity contribution in [2.24, 2.45) is 27.6 Å². The van der Waals surface area contributed by atoms with Crippen LogP contribution in [-0.2, 0) is 6.42 Å². The lowest BCUT2D eigenvalue weighted by Crippen LogP contribution is -2.34. The van der Waals surface area contributed by atoms with Gasteiger partial charge in [-0.15, -0.1) is 0 Å². The van der Waals surface area contributed by atoms with Crippen LogP contribution in [0.25, 0.3) is 0 Å². The molecule has 198 valence electrons. The zero-order valence-electron chi connectivity index (χ0n) is 23.3. The van der Waals surface area contributed by atoms with E-state index in [2.05, 4.69) is 71.7 Å². The highest BCUT2D eigenvalue weighted by atomic mass is 15.1. The summed E-state index contributed by atoms with van der Waals surface area (Å²) in [7, 11) is 1.71. The average Bonchev–Trinajstić information content (AvgIpc) is 2.95. The fraction of sp³-hybridized carbons (Fsp3) is 0.515. The summed E-state index contributed by atoms with van der Waals surface area (Å²) < 4.78 is 0. The molecule has 2 aromatic carbocycles. The minimum Gasteiger partial charge on any atom is -0.383 e. The Morgan fingerprint density at radius 3 is 2.46 bits per heavy atom. The highest BCUT2D eigenvalue weighted by molar-refractivity contribution is 6.01. The fourth-order valence-electron chi connectivity index (χ4n) is 6.38. The van der Waals surface area contributed by atoms with Gasteiger partial charge in [0, 0.05) is 30.5 Å². The largest absolute Gasteiger partial charge is 0.383 e. The van der Waals surface area contributed by atoms with E-state index in [0.717, 1.165) is 18.5 Å². The van der Waals surface area contributed by atoms with Gasteiger partial charge in [-0.25, -0.2) is 4.99 Å². The molecular weight excluding hydrogens is 452 g/mol. The number of benzene rings is 2. The molecule has 0 heterocycles. The minimum absolute atomic E-state index is 0.501. The zero-order chi connectivity index (χ0) is 26.2. The van der Waals surface area contributed by atoms with Gasteiger partial charge in [0.2, 0.25) is 0 Å². The highest BCUT2D eigenvalue weighted by Crippen LogP contribution is 2.39. The van der Waals surface area contributed by atoms with Gasteiger partial charge in [-0.3, -0.25) is 4.99 Å². The Bertz CT molecular complexity index is 1100. The minimum atomic E-state index is 0.501. The topological polar surface area (TPSA) is 54.0 Å². The number of hydrogen-bond acceptors (Lipinski definition) is 2. The molecule has 4 rings (SSSR count). The van der Waals surface area contributed by atoms with Crippen LogP contribution in [0.3, 0.4) is 0 Å². The van der Waals surface area contributed by atoms with Crippen LogP contribution in [0, 0.1) is 18.8 Å². The van der Waals surface area contributed by atoms with Gasteiger partial charge in [0.1, 0.15) is 12.2 Å². The Labute approximate surface area is 224 Å². The number of anilines is 1. The van der Waals surface area contributed by atoms with Gasteiger partial charge in [0.25, 0.3) is 0 Å². The van der Waals surface area contributed by atoms with Crippen LogP contribution in [0.2, 0.25) is 0 Å². The van der Waals surface area contributed by atoms with Crippen LogP contribution in [0.5, 0.6) is 0 Å². The number of aliphatic imine (C=N–C) groups is 2. The Morgan fingerprint density at radius 1 is 1.03 bits per heavy atom. The van der Waals surface area contributed by atoms with Crippen molar-refractivity contribution in [3.05, 3.63) is 77.0 Å². The number of allylic oxidation sites excluding steroid dienone is 1. The lowest BCUT2D eigenvalue weighted by Gasteiger charge is -2.38. The summed E-state index contributed by atoms with van der Waals surface area (Å²) in [5.41, 5.74) is 14.1. The van der Waals surface area contributed by atoms with E-state index in [0.29, 0.717) is 23.6 Å². The molecule has 0 spiro atoms. The molecule has 0 saturated heterocycles. The lowest BCUT2D eigenvalue weighted by atomic mass is 9.77. The van der Waals surface area contributed by atoms with Gasteiger partial charge in [0.05, 0.1) is 0 Å². The normalized spacial score (nSPS) is 21.3. The van der Waals surface area contributed by atoms with E-state index in [1.165, 1.54) is 92.2 Å². The third kappa shape index (κ3) is 6.91. The van der Waals surface area contributed by atoms with Crippen molar-refractivity contribution in [1.82, 2.24) is 0 Å². The van der Waals surface area contributed by atoms with E-state index >= 15 is 0 Å². The van der Waals surface area contributed by atoms with Crippen LogP contribution < -0.4 is 10.6 Å². The molecule has 37 heavy (non-hydrogen) atoms. The average molecular weight is 499 g/mol. The van der Waals surface area contributed by atoms with Crippen molar-refractivity contribution in [3.8, 4) is 0 Å². The van der Waals surface area contributed by atoms with Gasteiger partial charge in [-0.1, -0.05) is 63.1 Å². The maximum atomic E-state index is 6.27. The van der Waals surface area contributed by atoms with Crippen molar-refractivity contribution in [1.29, 1.82) is 0 Å². The second-order valence-corrected chi connectivity index (χ2v) is 11.1. The first-order valence-corrected chi connectivity index (χ1v) is 14.4. The summed E-state index contributed by atoms with van der Waals surface area (Å²) in [5, 5.41) is 0. The molecule has 4 heteroatoms. The molecule has 0 aliphatic heterocycles. The number of nitrogens with zero attached hydrogens (tertiary/aromatic N) is 3. The highest BCUT2D eigenvalue weighted by Gasteiger charge is 2.28. The summed E-state index contributed by atoms with van der Waals surface area (Å²) in [4.78, 5) is 10.7. The molecule has 0 radical (unpaired) electrons. The Balaban J connectivity index is 1.50. The maximum Gasteiger partial charge on any atom is 0.132 e. The SMILES string of the molecule is C=C(C1CCCCC1)N(CC1CCC(c2ccc(CC)c(C)c2)CC1)c1cccc(C(N)=NC=NC)c1. The van der Waals surface area contributed by atoms with Crippen molar-refractivity contribution >= 4 is 17.9 Å². The van der Waals surface area contributed by atoms with Gasteiger partial charge >= 0.3 is 0 Å². The summed E-state index contributed by atoms with van der Waals surface area (Å²) in [6.45, 7) is 10.2. The lowest BCUT2D eigenvalue weighted by molar-refractivity contribution is 0.323. The molecule has 2 saturated carbocycles. The molecule has 0 amide bonds. The Morgan fingerprint density at radius 2 is 1.78 bits per heavy atom. The summed E-state index contributed by atoms with van der Waals surface area (Å²) in [6.07, 6.45) is 14.2. The molecule has 0 unspecified atom stereocenters. The predicted molar refractivity (Wildman–Crippen MR) is 160 cm³/mol. The fourth-order valence-corrected chi connectivity index (χ4v) is 6.38. The van der Waals surface area contributed by atoms with Crippen LogP contribution in [0.1, 0.15) is 92.9 Å².